The fourth-order valence-corrected chi connectivity index (χ4v) is 4.71. The van der Waals surface area contributed by atoms with Crippen LogP contribution in [0.5, 0.6) is 11.5 Å². The Hall–Kier alpha value is -2.77. The Bertz CT molecular complexity index is 1030. The number of amides is 2. The summed E-state index contributed by atoms with van der Waals surface area (Å²) in [5.41, 5.74) is 1.81. The Kier molecular flexibility index (Phi) is 7.63. The lowest BCUT2D eigenvalue weighted by molar-refractivity contribution is 0.130. The van der Waals surface area contributed by atoms with Gasteiger partial charge in [0.1, 0.15) is 17.3 Å². The monoisotopic (exact) mass is 484 g/mol. The molecule has 4 rings (SSSR count). The summed E-state index contributed by atoms with van der Waals surface area (Å²) in [5.74, 6) is 1.99. The molecule has 2 atom stereocenters. The van der Waals surface area contributed by atoms with Gasteiger partial charge in [-0.25, -0.2) is 4.79 Å². The van der Waals surface area contributed by atoms with Gasteiger partial charge in [0.2, 0.25) is 0 Å². The van der Waals surface area contributed by atoms with Crippen LogP contribution in [0, 0.1) is 0 Å². The number of piperazine rings is 1. The molecule has 2 amide bonds. The maximum Gasteiger partial charge on any atom is 0.326 e. The quantitative estimate of drug-likeness (QED) is 0.596. The van der Waals surface area contributed by atoms with Crippen LogP contribution in [0.4, 0.5) is 4.79 Å². The zero-order chi connectivity index (χ0) is 24.2. The molecule has 0 bridgehead atoms. The molecule has 2 aromatic carbocycles. The normalized spacial score (nSPS) is 20.9. The molecule has 0 spiro atoms. The lowest BCUT2D eigenvalue weighted by Gasteiger charge is -2.38. The zero-order valence-electron chi connectivity index (χ0n) is 20.3. The number of urea groups is 1. The fourth-order valence-electron chi connectivity index (χ4n) is 4.59. The van der Waals surface area contributed by atoms with Crippen molar-refractivity contribution in [2.45, 2.75) is 32.4 Å². The van der Waals surface area contributed by atoms with E-state index in [1.54, 1.807) is 7.11 Å². The van der Waals surface area contributed by atoms with Crippen LogP contribution in [-0.2, 0) is 0 Å². The number of carbonyl (C=O) groups is 1. The maximum atomic E-state index is 14.1. The molecular formula is C26H33ClN4O3. The lowest BCUT2D eigenvalue weighted by atomic mass is 9.97. The van der Waals surface area contributed by atoms with Crippen molar-refractivity contribution in [1.29, 1.82) is 0 Å². The van der Waals surface area contributed by atoms with Crippen molar-refractivity contribution in [2.75, 3.05) is 46.9 Å². The lowest BCUT2D eigenvalue weighted by Crippen LogP contribution is -2.53. The number of methoxy groups -OCH3 is 1. The van der Waals surface area contributed by atoms with Gasteiger partial charge >= 0.3 is 6.03 Å². The fraction of sp³-hybridized carbons (Fsp3) is 0.462. The van der Waals surface area contributed by atoms with E-state index in [1.807, 2.05) is 59.2 Å². The van der Waals surface area contributed by atoms with E-state index in [0.717, 1.165) is 30.6 Å². The predicted octanol–water partition coefficient (Wildman–Crippen LogP) is 4.70. The van der Waals surface area contributed by atoms with E-state index in [1.165, 1.54) is 0 Å². The highest BCUT2D eigenvalue weighted by atomic mass is 35.5. The summed E-state index contributed by atoms with van der Waals surface area (Å²) in [7, 11) is 3.71. The first-order valence-corrected chi connectivity index (χ1v) is 12.3. The van der Waals surface area contributed by atoms with Gasteiger partial charge in [-0.1, -0.05) is 30.7 Å². The third-order valence-corrected chi connectivity index (χ3v) is 6.75. The van der Waals surface area contributed by atoms with E-state index in [2.05, 4.69) is 18.9 Å². The molecule has 0 radical (unpaired) electrons. The van der Waals surface area contributed by atoms with E-state index < -0.39 is 0 Å². The highest BCUT2D eigenvalue weighted by molar-refractivity contribution is 6.30. The summed E-state index contributed by atoms with van der Waals surface area (Å²) >= 11 is 6.18. The molecule has 1 saturated heterocycles. The molecule has 7 nitrogen and oxygen atoms in total. The van der Waals surface area contributed by atoms with Crippen molar-refractivity contribution in [3.05, 3.63) is 58.6 Å². The van der Waals surface area contributed by atoms with E-state index in [4.69, 9.17) is 26.1 Å². The molecule has 2 aliphatic heterocycles. The van der Waals surface area contributed by atoms with Crippen molar-refractivity contribution in [3.63, 3.8) is 0 Å². The molecule has 0 aliphatic carbocycles. The van der Waals surface area contributed by atoms with Gasteiger partial charge in [-0.05, 0) is 50.2 Å². The average molecular weight is 485 g/mol. The number of benzene rings is 2. The summed E-state index contributed by atoms with van der Waals surface area (Å²) in [4.78, 5) is 25.2. The first-order valence-electron chi connectivity index (χ1n) is 11.9. The van der Waals surface area contributed by atoms with Crippen molar-refractivity contribution >= 4 is 23.5 Å². The SMILES string of the molecule is CCOc1cc(OC)ccc1C1=NC(CC)C(c2ccc(Cl)cc2)N1C(=O)N1CCN(C)CC1. The Labute approximate surface area is 206 Å². The molecule has 8 heteroatoms. The summed E-state index contributed by atoms with van der Waals surface area (Å²) < 4.78 is 11.4. The molecule has 2 unspecified atom stereocenters. The van der Waals surface area contributed by atoms with Crippen LogP contribution in [0.25, 0.3) is 0 Å². The summed E-state index contributed by atoms with van der Waals surface area (Å²) in [6.45, 7) is 7.61. The molecule has 2 heterocycles. The third kappa shape index (κ3) is 4.86. The Morgan fingerprint density at radius 3 is 2.41 bits per heavy atom. The van der Waals surface area contributed by atoms with Gasteiger partial charge in [0.05, 0.1) is 31.4 Å². The molecule has 0 N–H and O–H groups in total. The molecule has 1 fully saturated rings. The Morgan fingerprint density at radius 2 is 1.79 bits per heavy atom. The number of carbonyl (C=O) groups excluding carboxylic acids is 1. The van der Waals surface area contributed by atoms with E-state index >= 15 is 0 Å². The van der Waals surface area contributed by atoms with Gasteiger partial charge in [-0.15, -0.1) is 0 Å². The van der Waals surface area contributed by atoms with Gasteiger partial charge < -0.3 is 19.3 Å². The van der Waals surface area contributed by atoms with Gasteiger partial charge in [-0.2, -0.15) is 0 Å². The van der Waals surface area contributed by atoms with Crippen molar-refractivity contribution in [1.82, 2.24) is 14.7 Å². The highest BCUT2D eigenvalue weighted by Crippen LogP contribution is 2.39. The summed E-state index contributed by atoms with van der Waals surface area (Å²) in [5, 5.41) is 0.668. The third-order valence-electron chi connectivity index (χ3n) is 6.50. The number of amidine groups is 1. The largest absolute Gasteiger partial charge is 0.497 e. The summed E-state index contributed by atoms with van der Waals surface area (Å²) in [6, 6.07) is 13.1. The first-order chi connectivity index (χ1) is 16.5. The molecular weight excluding hydrogens is 452 g/mol. The van der Waals surface area contributed by atoms with Gasteiger partial charge in [0.15, 0.2) is 0 Å². The van der Waals surface area contributed by atoms with Gasteiger partial charge in [-0.3, -0.25) is 9.89 Å². The van der Waals surface area contributed by atoms with Gasteiger partial charge in [0, 0.05) is 37.3 Å². The van der Waals surface area contributed by atoms with Crippen molar-refractivity contribution < 1.29 is 14.3 Å². The number of aliphatic imine (C=N–C) groups is 1. The molecule has 2 aliphatic rings. The minimum atomic E-state index is -0.221. The maximum absolute atomic E-state index is 14.1. The average Bonchev–Trinajstić information content (AvgIpc) is 3.24. The van der Waals surface area contributed by atoms with Crippen LogP contribution in [0.3, 0.4) is 0 Å². The second-order valence-corrected chi connectivity index (χ2v) is 9.10. The predicted molar refractivity (Wildman–Crippen MR) is 135 cm³/mol. The number of halogens is 1. The number of hydrogen-bond donors (Lipinski definition) is 0. The molecule has 2 aromatic rings. The van der Waals surface area contributed by atoms with Gasteiger partial charge in [0.25, 0.3) is 0 Å². The smallest absolute Gasteiger partial charge is 0.326 e. The number of likely N-dealkylation sites (N-methyl/N-ethyl adjacent to an activating group) is 1. The molecule has 182 valence electrons. The number of hydrogen-bond acceptors (Lipinski definition) is 5. The number of ether oxygens (including phenoxy) is 2. The first kappa shape index (κ1) is 24.4. The standard InChI is InChI=1S/C26H33ClN4O3/c1-5-22-24(18-7-9-19(27)10-8-18)31(26(32)30-15-13-29(3)14-16-30)25(28-22)21-12-11-20(33-4)17-23(21)34-6-2/h7-12,17,22,24H,5-6,13-16H2,1-4H3. The topological polar surface area (TPSA) is 57.6 Å². The molecule has 34 heavy (non-hydrogen) atoms. The minimum Gasteiger partial charge on any atom is -0.497 e. The van der Waals surface area contributed by atoms with Crippen LogP contribution in [0.2, 0.25) is 5.02 Å². The molecule has 0 aromatic heterocycles. The van der Waals surface area contributed by atoms with Crippen LogP contribution in [0.1, 0.15) is 37.4 Å². The van der Waals surface area contributed by atoms with E-state index in [9.17, 15) is 4.79 Å². The van der Waals surface area contributed by atoms with E-state index in [0.29, 0.717) is 42.1 Å². The second-order valence-electron chi connectivity index (χ2n) is 8.66. The number of nitrogens with zero attached hydrogens (tertiary/aromatic N) is 4. The minimum absolute atomic E-state index is 0.0268. The Morgan fingerprint density at radius 1 is 1.09 bits per heavy atom. The Balaban J connectivity index is 1.80. The van der Waals surface area contributed by atoms with Crippen LogP contribution in [0.15, 0.2) is 47.5 Å². The summed E-state index contributed by atoms with van der Waals surface area (Å²) in [6.07, 6.45) is 0.795. The zero-order valence-corrected chi connectivity index (χ0v) is 21.1. The van der Waals surface area contributed by atoms with Crippen LogP contribution < -0.4 is 9.47 Å². The second kappa shape index (κ2) is 10.7. The molecule has 0 saturated carbocycles. The van der Waals surface area contributed by atoms with Crippen LogP contribution >= 0.6 is 11.6 Å². The van der Waals surface area contributed by atoms with Crippen molar-refractivity contribution in [3.8, 4) is 11.5 Å². The highest BCUT2D eigenvalue weighted by Gasteiger charge is 2.43. The number of rotatable bonds is 6. The van der Waals surface area contributed by atoms with Crippen LogP contribution in [-0.4, -0.2) is 79.6 Å². The van der Waals surface area contributed by atoms with Crippen molar-refractivity contribution in [2.24, 2.45) is 4.99 Å². The van der Waals surface area contributed by atoms with E-state index in [-0.39, 0.29) is 18.1 Å².